The highest BCUT2D eigenvalue weighted by atomic mass is 16.5. The number of esters is 1. The van der Waals surface area contributed by atoms with Gasteiger partial charge in [0.2, 0.25) is 0 Å². The Kier molecular flexibility index (Phi) is 5.79. The van der Waals surface area contributed by atoms with Gasteiger partial charge in [-0.3, -0.25) is 9.59 Å². The number of rotatable bonds is 7. The Morgan fingerprint density at radius 2 is 1.91 bits per heavy atom. The fourth-order valence-electron chi connectivity index (χ4n) is 2.78. The highest BCUT2D eigenvalue weighted by Crippen LogP contribution is 2.21. The summed E-state index contributed by atoms with van der Waals surface area (Å²) in [5, 5.41) is 1.03. The molecule has 5 heteroatoms. The standard InChI is InChI=1S/C18H24N2O3/c1-4-11-19(13-17(21)23-6-3)18(22)16-12-14-9-7-8-10-15(14)20(16)5-2/h7-10,12H,4-6,11,13H2,1-3H3. The molecule has 1 aromatic heterocycles. The monoisotopic (exact) mass is 316 g/mol. The van der Waals surface area contributed by atoms with Crippen LogP contribution in [0.5, 0.6) is 0 Å². The van der Waals surface area contributed by atoms with E-state index in [0.717, 1.165) is 17.3 Å². The van der Waals surface area contributed by atoms with Crippen molar-refractivity contribution in [2.75, 3.05) is 19.7 Å². The molecule has 0 aliphatic carbocycles. The summed E-state index contributed by atoms with van der Waals surface area (Å²) < 4.78 is 6.97. The normalized spacial score (nSPS) is 10.7. The van der Waals surface area contributed by atoms with Crippen LogP contribution in [0.2, 0.25) is 0 Å². The SMILES string of the molecule is CCCN(CC(=O)OCC)C(=O)c1cc2ccccc2n1CC. The number of carbonyl (C=O) groups is 2. The summed E-state index contributed by atoms with van der Waals surface area (Å²) in [5.74, 6) is -0.494. The minimum absolute atomic E-state index is 0.00818. The number of hydrogen-bond donors (Lipinski definition) is 0. The van der Waals surface area contributed by atoms with Crippen molar-refractivity contribution in [3.05, 3.63) is 36.0 Å². The van der Waals surface area contributed by atoms with Crippen molar-refractivity contribution in [3.8, 4) is 0 Å². The zero-order valence-corrected chi connectivity index (χ0v) is 14.0. The van der Waals surface area contributed by atoms with E-state index in [-0.39, 0.29) is 18.4 Å². The molecular formula is C18H24N2O3. The summed E-state index contributed by atoms with van der Waals surface area (Å²) in [5.41, 5.74) is 1.65. The molecule has 0 saturated carbocycles. The fraction of sp³-hybridized carbons (Fsp3) is 0.444. The third-order valence-electron chi connectivity index (χ3n) is 3.75. The number of nitrogens with zero attached hydrogens (tertiary/aromatic N) is 2. The van der Waals surface area contributed by atoms with Crippen LogP contribution in [-0.2, 0) is 16.1 Å². The number of para-hydroxylation sites is 1. The molecule has 2 rings (SSSR count). The minimum Gasteiger partial charge on any atom is -0.465 e. The minimum atomic E-state index is -0.367. The number of amides is 1. The molecule has 0 atom stereocenters. The maximum absolute atomic E-state index is 12.9. The Hall–Kier alpha value is -2.30. The van der Waals surface area contributed by atoms with Gasteiger partial charge in [-0.15, -0.1) is 0 Å². The van der Waals surface area contributed by atoms with Gasteiger partial charge in [0.1, 0.15) is 12.2 Å². The lowest BCUT2D eigenvalue weighted by Gasteiger charge is -2.21. The first-order valence-electron chi connectivity index (χ1n) is 8.15. The number of aryl methyl sites for hydroxylation is 1. The molecule has 1 amide bonds. The molecule has 0 unspecified atom stereocenters. The molecule has 2 aromatic rings. The second kappa shape index (κ2) is 7.81. The van der Waals surface area contributed by atoms with E-state index in [9.17, 15) is 9.59 Å². The van der Waals surface area contributed by atoms with E-state index >= 15 is 0 Å². The second-order valence-corrected chi connectivity index (χ2v) is 5.36. The molecule has 0 fully saturated rings. The molecule has 0 aliphatic heterocycles. The molecule has 0 spiro atoms. The van der Waals surface area contributed by atoms with E-state index < -0.39 is 0 Å². The topological polar surface area (TPSA) is 51.5 Å². The zero-order chi connectivity index (χ0) is 16.8. The molecule has 1 aromatic carbocycles. The van der Waals surface area contributed by atoms with Crippen LogP contribution in [0.25, 0.3) is 10.9 Å². The van der Waals surface area contributed by atoms with Crippen molar-refractivity contribution < 1.29 is 14.3 Å². The molecule has 0 saturated heterocycles. The van der Waals surface area contributed by atoms with Gasteiger partial charge in [-0.25, -0.2) is 0 Å². The van der Waals surface area contributed by atoms with Crippen LogP contribution in [-0.4, -0.2) is 41.0 Å². The Morgan fingerprint density at radius 1 is 1.17 bits per heavy atom. The first-order chi connectivity index (χ1) is 11.1. The first-order valence-corrected chi connectivity index (χ1v) is 8.15. The van der Waals surface area contributed by atoms with Gasteiger partial charge in [0.25, 0.3) is 5.91 Å². The summed E-state index contributed by atoms with van der Waals surface area (Å²) in [6.07, 6.45) is 0.789. The maximum Gasteiger partial charge on any atom is 0.325 e. The maximum atomic E-state index is 12.9. The summed E-state index contributed by atoms with van der Waals surface area (Å²) in [6, 6.07) is 9.82. The van der Waals surface area contributed by atoms with Gasteiger partial charge in [-0.05, 0) is 32.4 Å². The van der Waals surface area contributed by atoms with Gasteiger partial charge < -0.3 is 14.2 Å². The van der Waals surface area contributed by atoms with Gasteiger partial charge in [-0.1, -0.05) is 25.1 Å². The lowest BCUT2D eigenvalue weighted by atomic mass is 10.2. The fourth-order valence-corrected chi connectivity index (χ4v) is 2.78. The van der Waals surface area contributed by atoms with Gasteiger partial charge >= 0.3 is 5.97 Å². The van der Waals surface area contributed by atoms with Crippen LogP contribution in [0.1, 0.15) is 37.7 Å². The average Bonchev–Trinajstić information content (AvgIpc) is 2.92. The van der Waals surface area contributed by atoms with E-state index in [1.807, 2.05) is 48.7 Å². The molecule has 0 bridgehead atoms. The average molecular weight is 316 g/mol. The van der Waals surface area contributed by atoms with Crippen LogP contribution in [0.4, 0.5) is 0 Å². The zero-order valence-electron chi connectivity index (χ0n) is 14.0. The van der Waals surface area contributed by atoms with E-state index in [0.29, 0.717) is 25.4 Å². The first kappa shape index (κ1) is 17.1. The second-order valence-electron chi connectivity index (χ2n) is 5.36. The largest absolute Gasteiger partial charge is 0.465 e. The highest BCUT2D eigenvalue weighted by molar-refractivity contribution is 5.99. The number of aromatic nitrogens is 1. The van der Waals surface area contributed by atoms with Crippen LogP contribution in [0.3, 0.4) is 0 Å². The van der Waals surface area contributed by atoms with Gasteiger partial charge in [-0.2, -0.15) is 0 Å². The molecule has 0 aliphatic rings. The van der Waals surface area contributed by atoms with Crippen LogP contribution < -0.4 is 0 Å². The Bertz CT molecular complexity index is 691. The van der Waals surface area contributed by atoms with Crippen LogP contribution in [0.15, 0.2) is 30.3 Å². The third kappa shape index (κ3) is 3.73. The number of ether oxygens (including phenoxy) is 1. The van der Waals surface area contributed by atoms with Gasteiger partial charge in [0.05, 0.1) is 6.61 Å². The Labute approximate surface area is 136 Å². The van der Waals surface area contributed by atoms with Crippen molar-refractivity contribution in [1.29, 1.82) is 0 Å². The lowest BCUT2D eigenvalue weighted by molar-refractivity contribution is -0.143. The van der Waals surface area contributed by atoms with Crippen LogP contribution in [0, 0.1) is 0 Å². The third-order valence-corrected chi connectivity index (χ3v) is 3.75. The van der Waals surface area contributed by atoms with Crippen molar-refractivity contribution in [2.45, 2.75) is 33.7 Å². The molecule has 5 nitrogen and oxygen atoms in total. The van der Waals surface area contributed by atoms with Crippen LogP contribution >= 0.6 is 0 Å². The van der Waals surface area contributed by atoms with E-state index in [1.54, 1.807) is 11.8 Å². The Morgan fingerprint density at radius 3 is 2.57 bits per heavy atom. The number of hydrogen-bond acceptors (Lipinski definition) is 3. The summed E-state index contributed by atoms with van der Waals surface area (Å²) >= 11 is 0. The molecular weight excluding hydrogens is 292 g/mol. The summed E-state index contributed by atoms with van der Waals surface area (Å²) in [4.78, 5) is 26.3. The number of benzene rings is 1. The van der Waals surface area contributed by atoms with Gasteiger partial charge in [0.15, 0.2) is 0 Å². The lowest BCUT2D eigenvalue weighted by Crippen LogP contribution is -2.38. The smallest absolute Gasteiger partial charge is 0.325 e. The molecule has 0 N–H and O–H groups in total. The van der Waals surface area contributed by atoms with Crippen molar-refractivity contribution in [3.63, 3.8) is 0 Å². The molecule has 23 heavy (non-hydrogen) atoms. The summed E-state index contributed by atoms with van der Waals surface area (Å²) in [6.45, 7) is 7.31. The van der Waals surface area contributed by atoms with E-state index in [2.05, 4.69) is 0 Å². The Balaban J connectivity index is 2.34. The van der Waals surface area contributed by atoms with E-state index in [4.69, 9.17) is 4.74 Å². The van der Waals surface area contributed by atoms with Crippen molar-refractivity contribution in [1.82, 2.24) is 9.47 Å². The van der Waals surface area contributed by atoms with Crippen molar-refractivity contribution >= 4 is 22.8 Å². The number of fused-ring (bicyclic) bond motifs is 1. The molecule has 124 valence electrons. The molecule has 1 heterocycles. The summed E-state index contributed by atoms with van der Waals surface area (Å²) in [7, 11) is 0. The number of carbonyl (C=O) groups excluding carboxylic acids is 2. The quantitative estimate of drug-likeness (QED) is 0.738. The molecule has 0 radical (unpaired) electrons. The van der Waals surface area contributed by atoms with Crippen molar-refractivity contribution in [2.24, 2.45) is 0 Å². The predicted octanol–water partition coefficient (Wildman–Crippen LogP) is 3.08. The van der Waals surface area contributed by atoms with E-state index in [1.165, 1.54) is 0 Å². The predicted molar refractivity (Wildman–Crippen MR) is 90.4 cm³/mol. The van der Waals surface area contributed by atoms with Gasteiger partial charge in [0, 0.05) is 24.0 Å². The highest BCUT2D eigenvalue weighted by Gasteiger charge is 2.22.